The number of hydrogen-bond acceptors (Lipinski definition) is 4. The van der Waals surface area contributed by atoms with Gasteiger partial charge < -0.3 is 9.30 Å². The highest BCUT2D eigenvalue weighted by Gasteiger charge is 2.31. The second kappa shape index (κ2) is 5.73. The van der Waals surface area contributed by atoms with E-state index in [1.54, 1.807) is 13.2 Å². The molecule has 1 aliphatic heterocycles. The number of carbonyl (C=O) groups excluding carboxylic acids is 2. The predicted molar refractivity (Wildman–Crippen MR) is 86.1 cm³/mol. The van der Waals surface area contributed by atoms with Crippen LogP contribution in [0.3, 0.4) is 0 Å². The quantitative estimate of drug-likeness (QED) is 0.817. The average Bonchev–Trinajstić information content (AvgIpc) is 3.09. The summed E-state index contributed by atoms with van der Waals surface area (Å²) in [4.78, 5) is 25.1. The van der Waals surface area contributed by atoms with Gasteiger partial charge in [-0.2, -0.15) is 0 Å². The fourth-order valence-corrected chi connectivity index (χ4v) is 2.98. The van der Waals surface area contributed by atoms with Gasteiger partial charge >= 0.3 is 0 Å². The third kappa shape index (κ3) is 2.53. The summed E-state index contributed by atoms with van der Waals surface area (Å²) in [5.41, 5.74) is 1.79. The lowest BCUT2D eigenvalue weighted by atomic mass is 10.3. The first-order valence-electron chi connectivity index (χ1n) is 6.63. The third-order valence-corrected chi connectivity index (χ3v) is 4.36. The number of methoxy groups -OCH3 is 1. The molecule has 0 unspecified atom stereocenters. The molecule has 0 radical (unpaired) electrons. The van der Waals surface area contributed by atoms with Gasteiger partial charge in [0.15, 0.2) is 0 Å². The summed E-state index contributed by atoms with van der Waals surface area (Å²) in [5, 5.41) is -0.251. The van der Waals surface area contributed by atoms with Crippen molar-refractivity contribution in [1.82, 2.24) is 9.47 Å². The van der Waals surface area contributed by atoms with Gasteiger partial charge in [0, 0.05) is 24.6 Å². The molecule has 0 atom stereocenters. The number of ether oxygens (including phenoxy) is 1. The van der Waals surface area contributed by atoms with Crippen LogP contribution in [0.5, 0.6) is 5.75 Å². The molecular weight excluding hydrogens is 300 g/mol. The van der Waals surface area contributed by atoms with Gasteiger partial charge in [0.2, 0.25) is 0 Å². The number of aromatic nitrogens is 1. The summed E-state index contributed by atoms with van der Waals surface area (Å²) in [6, 6.07) is 11.4. The van der Waals surface area contributed by atoms with E-state index in [1.807, 2.05) is 47.2 Å². The largest absolute Gasteiger partial charge is 0.497 e. The Kier molecular flexibility index (Phi) is 3.77. The van der Waals surface area contributed by atoms with Crippen molar-refractivity contribution >= 4 is 29.0 Å². The molecule has 2 amide bonds. The Morgan fingerprint density at radius 3 is 2.45 bits per heavy atom. The van der Waals surface area contributed by atoms with Gasteiger partial charge in [-0.05, 0) is 54.2 Å². The zero-order chi connectivity index (χ0) is 15.7. The van der Waals surface area contributed by atoms with E-state index in [-0.39, 0.29) is 11.1 Å². The minimum absolute atomic E-state index is 0.251. The fourth-order valence-electron chi connectivity index (χ4n) is 2.17. The standard InChI is InChI=1S/C16H14N2O3S/c1-17-15(19)14(22-16(17)20)10-12-4-3-9-18(12)11-5-7-13(21-2)8-6-11/h3-10H,1-2H3/b14-10-. The molecule has 2 aromatic rings. The van der Waals surface area contributed by atoms with E-state index in [0.717, 1.165) is 33.8 Å². The van der Waals surface area contributed by atoms with Crippen molar-refractivity contribution in [3.8, 4) is 11.4 Å². The molecule has 2 heterocycles. The van der Waals surface area contributed by atoms with E-state index in [4.69, 9.17) is 4.74 Å². The highest BCUT2D eigenvalue weighted by Crippen LogP contribution is 2.31. The van der Waals surface area contributed by atoms with E-state index in [1.165, 1.54) is 7.05 Å². The van der Waals surface area contributed by atoms with Crippen molar-refractivity contribution < 1.29 is 14.3 Å². The minimum Gasteiger partial charge on any atom is -0.497 e. The molecule has 0 saturated carbocycles. The molecule has 0 spiro atoms. The van der Waals surface area contributed by atoms with Crippen molar-refractivity contribution in [1.29, 1.82) is 0 Å². The summed E-state index contributed by atoms with van der Waals surface area (Å²) < 4.78 is 7.10. The van der Waals surface area contributed by atoms with E-state index in [9.17, 15) is 9.59 Å². The van der Waals surface area contributed by atoms with Gasteiger partial charge in [0.05, 0.1) is 12.0 Å². The maximum atomic E-state index is 12.0. The molecule has 1 aliphatic rings. The van der Waals surface area contributed by atoms with Gasteiger partial charge in [0.1, 0.15) is 5.75 Å². The number of thioether (sulfide) groups is 1. The van der Waals surface area contributed by atoms with Crippen LogP contribution < -0.4 is 4.74 Å². The van der Waals surface area contributed by atoms with Gasteiger partial charge in [-0.15, -0.1) is 0 Å². The van der Waals surface area contributed by atoms with Crippen LogP contribution in [0, 0.1) is 0 Å². The first-order valence-corrected chi connectivity index (χ1v) is 7.45. The number of likely N-dealkylation sites (N-methyl/N-ethyl adjacent to an activating group) is 1. The lowest BCUT2D eigenvalue weighted by Gasteiger charge is -2.08. The first kappa shape index (κ1) is 14.5. The number of imide groups is 1. The smallest absolute Gasteiger partial charge is 0.293 e. The second-order valence-electron chi connectivity index (χ2n) is 4.74. The van der Waals surface area contributed by atoms with E-state index in [0.29, 0.717) is 4.91 Å². The molecule has 5 nitrogen and oxygen atoms in total. The lowest BCUT2D eigenvalue weighted by Crippen LogP contribution is -2.22. The lowest BCUT2D eigenvalue weighted by molar-refractivity contribution is -0.121. The zero-order valence-electron chi connectivity index (χ0n) is 12.1. The van der Waals surface area contributed by atoms with Crippen molar-refractivity contribution in [3.63, 3.8) is 0 Å². The Balaban J connectivity index is 1.95. The van der Waals surface area contributed by atoms with E-state index in [2.05, 4.69) is 0 Å². The Bertz CT molecular complexity index is 762. The van der Waals surface area contributed by atoms with Crippen LogP contribution in [0.2, 0.25) is 0 Å². The SMILES string of the molecule is COc1ccc(-n2cccc2/C=C2\SC(=O)N(C)C2=O)cc1. The Hall–Kier alpha value is -2.47. The molecule has 112 valence electrons. The van der Waals surface area contributed by atoms with Crippen LogP contribution in [0.1, 0.15) is 5.69 Å². The summed E-state index contributed by atoms with van der Waals surface area (Å²) in [6.45, 7) is 0. The van der Waals surface area contributed by atoms with Crippen LogP contribution >= 0.6 is 11.8 Å². The molecule has 1 aromatic carbocycles. The molecule has 22 heavy (non-hydrogen) atoms. The monoisotopic (exact) mass is 314 g/mol. The molecule has 1 aromatic heterocycles. The minimum atomic E-state index is -0.266. The van der Waals surface area contributed by atoms with Crippen LogP contribution in [0.25, 0.3) is 11.8 Å². The molecule has 3 rings (SSSR count). The predicted octanol–water partition coefficient (Wildman–Crippen LogP) is 3.15. The molecule has 1 fully saturated rings. The van der Waals surface area contributed by atoms with Crippen LogP contribution in [-0.4, -0.2) is 34.8 Å². The number of hydrogen-bond donors (Lipinski definition) is 0. The van der Waals surface area contributed by atoms with Gasteiger partial charge in [-0.3, -0.25) is 14.5 Å². The summed E-state index contributed by atoms with van der Waals surface area (Å²) in [7, 11) is 3.11. The number of benzene rings is 1. The highest BCUT2D eigenvalue weighted by atomic mass is 32.2. The summed E-state index contributed by atoms with van der Waals surface area (Å²) in [5.74, 6) is 0.516. The summed E-state index contributed by atoms with van der Waals surface area (Å²) in [6.07, 6.45) is 3.64. The fraction of sp³-hybridized carbons (Fsp3) is 0.125. The van der Waals surface area contributed by atoms with Gasteiger partial charge in [-0.1, -0.05) is 0 Å². The molecule has 6 heteroatoms. The molecule has 0 aliphatic carbocycles. The topological polar surface area (TPSA) is 51.5 Å². The number of nitrogens with zero attached hydrogens (tertiary/aromatic N) is 2. The van der Waals surface area contributed by atoms with Gasteiger partial charge in [-0.25, -0.2) is 0 Å². The molecular formula is C16H14N2O3S. The van der Waals surface area contributed by atoms with Crippen LogP contribution in [0.15, 0.2) is 47.5 Å². The van der Waals surface area contributed by atoms with Crippen molar-refractivity contribution in [2.45, 2.75) is 0 Å². The van der Waals surface area contributed by atoms with Crippen molar-refractivity contribution in [3.05, 3.63) is 53.2 Å². The Labute approximate surface area is 132 Å². The Morgan fingerprint density at radius 1 is 1.14 bits per heavy atom. The van der Waals surface area contributed by atoms with Crippen molar-refractivity contribution in [2.24, 2.45) is 0 Å². The van der Waals surface area contributed by atoms with Crippen molar-refractivity contribution in [2.75, 3.05) is 14.2 Å². The average molecular weight is 314 g/mol. The van der Waals surface area contributed by atoms with E-state index < -0.39 is 0 Å². The maximum absolute atomic E-state index is 12.0. The Morgan fingerprint density at radius 2 is 1.86 bits per heavy atom. The second-order valence-corrected chi connectivity index (χ2v) is 5.73. The normalized spacial score (nSPS) is 16.6. The molecule has 0 bridgehead atoms. The highest BCUT2D eigenvalue weighted by molar-refractivity contribution is 8.18. The van der Waals surface area contributed by atoms with Gasteiger partial charge in [0.25, 0.3) is 11.1 Å². The van der Waals surface area contributed by atoms with E-state index >= 15 is 0 Å². The maximum Gasteiger partial charge on any atom is 0.293 e. The van der Waals surface area contributed by atoms with Crippen LogP contribution in [-0.2, 0) is 4.79 Å². The number of rotatable bonds is 3. The zero-order valence-corrected chi connectivity index (χ0v) is 13.0. The summed E-state index contributed by atoms with van der Waals surface area (Å²) >= 11 is 0.955. The van der Waals surface area contributed by atoms with Crippen LogP contribution in [0.4, 0.5) is 4.79 Å². The number of amides is 2. The first-order chi connectivity index (χ1) is 10.6. The molecule has 0 N–H and O–H groups in total. The molecule has 1 saturated heterocycles. The number of carbonyl (C=O) groups is 2. The third-order valence-electron chi connectivity index (χ3n) is 3.40.